The highest BCUT2D eigenvalue weighted by Crippen LogP contribution is 2.20. The van der Waals surface area contributed by atoms with E-state index in [-0.39, 0.29) is 30.6 Å². The summed E-state index contributed by atoms with van der Waals surface area (Å²) in [6, 6.07) is 13.4. The van der Waals surface area contributed by atoms with E-state index in [4.69, 9.17) is 4.74 Å². The van der Waals surface area contributed by atoms with Crippen molar-refractivity contribution in [3.8, 4) is 5.75 Å². The lowest BCUT2D eigenvalue weighted by molar-refractivity contribution is -0.141. The van der Waals surface area contributed by atoms with Crippen LogP contribution in [0.25, 0.3) is 0 Å². The molecule has 0 saturated carbocycles. The van der Waals surface area contributed by atoms with Crippen molar-refractivity contribution < 1.29 is 23.8 Å². The highest BCUT2D eigenvalue weighted by molar-refractivity contribution is 5.78. The van der Waals surface area contributed by atoms with E-state index in [0.717, 1.165) is 16.9 Å². The van der Waals surface area contributed by atoms with Gasteiger partial charge in [-0.3, -0.25) is 9.59 Å². The first kappa shape index (κ1) is 21.4. The summed E-state index contributed by atoms with van der Waals surface area (Å²) >= 11 is 0. The number of carbonyl (C=O) groups is 2. The van der Waals surface area contributed by atoms with Gasteiger partial charge in [0.15, 0.2) is 0 Å². The van der Waals surface area contributed by atoms with E-state index >= 15 is 0 Å². The number of carbonyl (C=O) groups excluding carboxylic acids is 1. The Labute approximate surface area is 164 Å². The van der Waals surface area contributed by atoms with E-state index in [0.29, 0.717) is 13.0 Å². The zero-order chi connectivity index (χ0) is 20.5. The molecule has 0 aliphatic heterocycles. The number of amides is 1. The highest BCUT2D eigenvalue weighted by atomic mass is 19.1. The van der Waals surface area contributed by atoms with Gasteiger partial charge in [-0.15, -0.1) is 0 Å². The molecule has 0 aromatic heterocycles. The summed E-state index contributed by atoms with van der Waals surface area (Å²) in [5, 5.41) is 12.2. The van der Waals surface area contributed by atoms with Crippen molar-refractivity contribution in [1.82, 2.24) is 5.32 Å². The van der Waals surface area contributed by atoms with Gasteiger partial charge < -0.3 is 15.2 Å². The SMILES string of the molecule is CCOc1ccc(CC(CNC(=O)CC(C)c2cccc(F)c2)C(=O)O)cc1. The van der Waals surface area contributed by atoms with Gasteiger partial charge in [0.2, 0.25) is 5.91 Å². The van der Waals surface area contributed by atoms with Gasteiger partial charge in [-0.1, -0.05) is 31.2 Å². The Bertz CT molecular complexity index is 791. The molecule has 150 valence electrons. The Morgan fingerprint density at radius 1 is 1.18 bits per heavy atom. The Morgan fingerprint density at radius 2 is 1.89 bits per heavy atom. The molecule has 2 N–H and O–H groups in total. The molecule has 2 aromatic rings. The van der Waals surface area contributed by atoms with Crippen LogP contribution in [0.4, 0.5) is 4.39 Å². The molecule has 1 amide bonds. The summed E-state index contributed by atoms with van der Waals surface area (Å²) in [7, 11) is 0. The molecule has 0 fully saturated rings. The van der Waals surface area contributed by atoms with Crippen molar-refractivity contribution in [2.75, 3.05) is 13.2 Å². The first-order valence-electron chi connectivity index (χ1n) is 9.35. The van der Waals surface area contributed by atoms with Gasteiger partial charge in [-0.2, -0.15) is 0 Å². The van der Waals surface area contributed by atoms with Gasteiger partial charge in [0.25, 0.3) is 0 Å². The van der Waals surface area contributed by atoms with Gasteiger partial charge in [0.1, 0.15) is 11.6 Å². The summed E-state index contributed by atoms with van der Waals surface area (Å²) in [5.41, 5.74) is 1.59. The van der Waals surface area contributed by atoms with Crippen molar-refractivity contribution in [1.29, 1.82) is 0 Å². The number of ether oxygens (including phenoxy) is 1. The molecule has 0 spiro atoms. The van der Waals surface area contributed by atoms with Gasteiger partial charge in [-0.25, -0.2) is 4.39 Å². The molecule has 0 saturated heterocycles. The third-order valence-electron chi connectivity index (χ3n) is 4.52. The summed E-state index contributed by atoms with van der Waals surface area (Å²) < 4.78 is 18.7. The molecule has 0 bridgehead atoms. The van der Waals surface area contributed by atoms with Crippen molar-refractivity contribution in [3.63, 3.8) is 0 Å². The van der Waals surface area contributed by atoms with Crippen LogP contribution in [0.1, 0.15) is 37.3 Å². The normalized spacial score (nSPS) is 12.8. The van der Waals surface area contributed by atoms with E-state index in [1.54, 1.807) is 24.3 Å². The van der Waals surface area contributed by atoms with Crippen LogP contribution in [-0.2, 0) is 16.0 Å². The Morgan fingerprint density at radius 3 is 2.50 bits per heavy atom. The van der Waals surface area contributed by atoms with E-state index in [9.17, 15) is 19.1 Å². The first-order valence-corrected chi connectivity index (χ1v) is 9.35. The molecule has 2 rings (SSSR count). The van der Waals surface area contributed by atoms with Crippen LogP contribution >= 0.6 is 0 Å². The number of benzene rings is 2. The highest BCUT2D eigenvalue weighted by Gasteiger charge is 2.20. The third kappa shape index (κ3) is 6.68. The molecular formula is C22H26FNO4. The molecule has 2 atom stereocenters. The van der Waals surface area contributed by atoms with Gasteiger partial charge in [0.05, 0.1) is 12.5 Å². The summed E-state index contributed by atoms with van der Waals surface area (Å²) in [5.74, 6) is -1.72. The lowest BCUT2D eigenvalue weighted by atomic mass is 9.96. The Kier molecular flexibility index (Phi) is 7.99. The minimum absolute atomic E-state index is 0.0389. The average Bonchev–Trinajstić information content (AvgIpc) is 2.66. The second-order valence-electron chi connectivity index (χ2n) is 6.78. The Hall–Kier alpha value is -2.89. The summed E-state index contributed by atoms with van der Waals surface area (Å²) in [6.07, 6.45) is 0.473. The van der Waals surface area contributed by atoms with Crippen LogP contribution in [0.5, 0.6) is 5.75 Å². The van der Waals surface area contributed by atoms with Gasteiger partial charge in [-0.05, 0) is 54.7 Å². The van der Waals surface area contributed by atoms with E-state index in [2.05, 4.69) is 5.32 Å². The zero-order valence-corrected chi connectivity index (χ0v) is 16.2. The van der Waals surface area contributed by atoms with Crippen molar-refractivity contribution in [2.24, 2.45) is 5.92 Å². The van der Waals surface area contributed by atoms with Gasteiger partial charge in [0, 0.05) is 13.0 Å². The summed E-state index contributed by atoms with van der Waals surface area (Å²) in [4.78, 5) is 23.7. The van der Waals surface area contributed by atoms with E-state index < -0.39 is 11.9 Å². The van der Waals surface area contributed by atoms with E-state index in [1.807, 2.05) is 26.0 Å². The van der Waals surface area contributed by atoms with Gasteiger partial charge >= 0.3 is 5.97 Å². The largest absolute Gasteiger partial charge is 0.494 e. The first-order chi connectivity index (χ1) is 13.4. The third-order valence-corrected chi connectivity index (χ3v) is 4.52. The number of nitrogens with one attached hydrogen (secondary N) is 1. The lowest BCUT2D eigenvalue weighted by Gasteiger charge is -2.16. The molecule has 6 heteroatoms. The number of hydrogen-bond donors (Lipinski definition) is 2. The predicted molar refractivity (Wildman–Crippen MR) is 105 cm³/mol. The number of aliphatic carboxylic acids is 1. The predicted octanol–water partition coefficient (Wildman–Crippen LogP) is 3.78. The minimum atomic E-state index is -0.965. The molecule has 28 heavy (non-hydrogen) atoms. The Balaban J connectivity index is 1.88. The van der Waals surface area contributed by atoms with Crippen molar-refractivity contribution in [3.05, 3.63) is 65.5 Å². The number of carboxylic acid groups (broad SMARTS) is 1. The summed E-state index contributed by atoms with van der Waals surface area (Å²) in [6.45, 7) is 4.34. The standard InChI is InChI=1S/C22H26FNO4/c1-3-28-20-9-7-16(8-10-20)12-18(22(26)27)14-24-21(25)11-15(2)17-5-4-6-19(23)13-17/h4-10,13,15,18H,3,11-12,14H2,1-2H3,(H,24,25)(H,26,27). The molecule has 0 radical (unpaired) electrons. The molecule has 0 aliphatic rings. The quantitative estimate of drug-likeness (QED) is 0.651. The average molecular weight is 387 g/mol. The second kappa shape index (κ2) is 10.4. The molecule has 2 aromatic carbocycles. The van der Waals surface area contributed by atoms with Crippen molar-refractivity contribution in [2.45, 2.75) is 32.6 Å². The number of halogens is 1. The van der Waals surface area contributed by atoms with Crippen LogP contribution in [0.2, 0.25) is 0 Å². The van der Waals surface area contributed by atoms with Crippen LogP contribution in [-0.4, -0.2) is 30.1 Å². The molecule has 0 heterocycles. The molecule has 5 nitrogen and oxygen atoms in total. The van der Waals surface area contributed by atoms with Crippen LogP contribution < -0.4 is 10.1 Å². The zero-order valence-electron chi connectivity index (χ0n) is 16.2. The maximum atomic E-state index is 13.3. The smallest absolute Gasteiger partial charge is 0.308 e. The van der Waals surface area contributed by atoms with Crippen LogP contribution in [0.3, 0.4) is 0 Å². The fraction of sp³-hybridized carbons (Fsp3) is 0.364. The van der Waals surface area contributed by atoms with Crippen molar-refractivity contribution >= 4 is 11.9 Å². The van der Waals surface area contributed by atoms with Crippen LogP contribution in [0.15, 0.2) is 48.5 Å². The topological polar surface area (TPSA) is 75.6 Å². The lowest BCUT2D eigenvalue weighted by Crippen LogP contribution is -2.34. The maximum absolute atomic E-state index is 13.3. The fourth-order valence-electron chi connectivity index (χ4n) is 2.94. The minimum Gasteiger partial charge on any atom is -0.494 e. The molecule has 2 unspecified atom stereocenters. The number of carboxylic acids is 1. The monoisotopic (exact) mass is 387 g/mol. The van der Waals surface area contributed by atoms with E-state index in [1.165, 1.54) is 12.1 Å². The maximum Gasteiger partial charge on any atom is 0.308 e. The molecular weight excluding hydrogens is 361 g/mol. The van der Waals surface area contributed by atoms with Crippen LogP contribution in [0, 0.1) is 11.7 Å². The number of rotatable bonds is 10. The second-order valence-corrected chi connectivity index (χ2v) is 6.78. The fourth-order valence-corrected chi connectivity index (χ4v) is 2.94. The molecule has 0 aliphatic carbocycles. The number of hydrogen-bond acceptors (Lipinski definition) is 3.